The van der Waals surface area contributed by atoms with Crippen LogP contribution in [-0.2, 0) is 13.1 Å². The number of benzene rings is 2. The lowest BCUT2D eigenvalue weighted by Gasteiger charge is -2.06. The van der Waals surface area contributed by atoms with Crippen molar-refractivity contribution in [3.63, 3.8) is 0 Å². The number of rotatable bonds is 5. The first kappa shape index (κ1) is 14.6. The summed E-state index contributed by atoms with van der Waals surface area (Å²) in [6, 6.07) is 13.0. The number of nitrogens with one attached hydrogen (secondary N) is 1. The largest absolute Gasteiger partial charge is 0.309 e. The molecule has 21 heavy (non-hydrogen) atoms. The van der Waals surface area contributed by atoms with Crippen LogP contribution in [0.3, 0.4) is 0 Å². The van der Waals surface area contributed by atoms with Crippen molar-refractivity contribution in [3.8, 4) is 6.07 Å². The lowest BCUT2D eigenvalue weighted by Crippen LogP contribution is -2.13. The first-order valence-corrected chi connectivity index (χ1v) is 6.22. The van der Waals surface area contributed by atoms with Crippen LogP contribution >= 0.6 is 0 Å². The standard InChI is InChI=1S/C15H12FN3O2/c16-14-7-13(4-5-15(14)19(20)21)10-18-9-12-3-1-2-11(6-12)8-17/h1-7,18H,9-10H2. The van der Waals surface area contributed by atoms with Crippen LogP contribution in [0.15, 0.2) is 42.5 Å². The highest BCUT2D eigenvalue weighted by atomic mass is 19.1. The lowest BCUT2D eigenvalue weighted by atomic mass is 10.1. The Bertz CT molecular complexity index is 710. The summed E-state index contributed by atoms with van der Waals surface area (Å²) < 4.78 is 13.4. The highest BCUT2D eigenvalue weighted by Crippen LogP contribution is 2.17. The zero-order chi connectivity index (χ0) is 15.2. The molecule has 6 heteroatoms. The summed E-state index contributed by atoms with van der Waals surface area (Å²) in [5, 5.41) is 22.4. The molecule has 0 aliphatic heterocycles. The number of nitrogens with zero attached hydrogens (tertiary/aromatic N) is 2. The summed E-state index contributed by atoms with van der Waals surface area (Å²) in [5.41, 5.74) is 1.61. The molecule has 106 valence electrons. The number of nitriles is 1. The summed E-state index contributed by atoms with van der Waals surface area (Å²) >= 11 is 0. The zero-order valence-corrected chi connectivity index (χ0v) is 11.0. The summed E-state index contributed by atoms with van der Waals surface area (Å²) in [5.74, 6) is -0.842. The van der Waals surface area contributed by atoms with E-state index in [0.717, 1.165) is 17.7 Å². The summed E-state index contributed by atoms with van der Waals surface area (Å²) in [6.45, 7) is 0.903. The van der Waals surface area contributed by atoms with Crippen molar-refractivity contribution in [3.05, 3.63) is 75.1 Å². The maximum absolute atomic E-state index is 13.4. The van der Waals surface area contributed by atoms with E-state index < -0.39 is 16.4 Å². The average Bonchev–Trinajstić information content (AvgIpc) is 2.47. The SMILES string of the molecule is N#Cc1cccc(CNCc2ccc([N+](=O)[O-])c(F)c2)c1. The molecule has 0 atom stereocenters. The minimum absolute atomic E-state index is 0.381. The fourth-order valence-electron chi connectivity index (χ4n) is 1.91. The van der Waals surface area contributed by atoms with Crippen LogP contribution in [0.25, 0.3) is 0 Å². The minimum atomic E-state index is -0.842. The summed E-state index contributed by atoms with van der Waals surface area (Å²) in [7, 11) is 0. The molecule has 0 aliphatic carbocycles. The molecule has 0 radical (unpaired) electrons. The first-order valence-electron chi connectivity index (χ1n) is 6.22. The molecule has 0 spiro atoms. The first-order chi connectivity index (χ1) is 10.1. The lowest BCUT2D eigenvalue weighted by molar-refractivity contribution is -0.387. The molecule has 2 aromatic rings. The van der Waals surface area contributed by atoms with Crippen LogP contribution in [-0.4, -0.2) is 4.92 Å². The van der Waals surface area contributed by atoms with Crippen LogP contribution in [0.2, 0.25) is 0 Å². The Balaban J connectivity index is 1.96. The van der Waals surface area contributed by atoms with Crippen molar-refractivity contribution in [2.75, 3.05) is 0 Å². The Hall–Kier alpha value is -2.78. The molecule has 0 bridgehead atoms. The number of hydrogen-bond acceptors (Lipinski definition) is 4. The van der Waals surface area contributed by atoms with Crippen molar-refractivity contribution in [1.82, 2.24) is 5.32 Å². The highest BCUT2D eigenvalue weighted by Gasteiger charge is 2.13. The molecular formula is C15H12FN3O2. The highest BCUT2D eigenvalue weighted by molar-refractivity contribution is 5.35. The monoisotopic (exact) mass is 285 g/mol. The van der Waals surface area contributed by atoms with Crippen LogP contribution in [0, 0.1) is 27.3 Å². The fourth-order valence-corrected chi connectivity index (χ4v) is 1.91. The molecule has 0 saturated carbocycles. The molecule has 0 aliphatic rings. The van der Waals surface area contributed by atoms with Gasteiger partial charge in [-0.1, -0.05) is 18.2 Å². The van der Waals surface area contributed by atoms with Gasteiger partial charge in [-0.25, -0.2) is 0 Å². The van der Waals surface area contributed by atoms with Gasteiger partial charge in [0, 0.05) is 19.2 Å². The molecular weight excluding hydrogens is 273 g/mol. The Morgan fingerprint density at radius 1 is 1.19 bits per heavy atom. The molecule has 0 heterocycles. The topological polar surface area (TPSA) is 79.0 Å². The van der Waals surface area contributed by atoms with Gasteiger partial charge in [0.1, 0.15) is 0 Å². The van der Waals surface area contributed by atoms with Crippen molar-refractivity contribution in [2.45, 2.75) is 13.1 Å². The number of nitro groups is 1. The second kappa shape index (κ2) is 6.59. The van der Waals surface area contributed by atoms with Crippen molar-refractivity contribution in [2.24, 2.45) is 0 Å². The Morgan fingerprint density at radius 2 is 1.90 bits per heavy atom. The third-order valence-electron chi connectivity index (χ3n) is 2.92. The predicted octanol–water partition coefficient (Wildman–Crippen LogP) is 2.90. The molecule has 2 aromatic carbocycles. The molecule has 0 aromatic heterocycles. The van der Waals surface area contributed by atoms with Gasteiger partial charge in [0.15, 0.2) is 0 Å². The van der Waals surface area contributed by atoms with Gasteiger partial charge >= 0.3 is 5.69 Å². The smallest absolute Gasteiger partial charge is 0.304 e. The Morgan fingerprint density at radius 3 is 2.52 bits per heavy atom. The van der Waals surface area contributed by atoms with Gasteiger partial charge in [-0.2, -0.15) is 9.65 Å². The third kappa shape index (κ3) is 3.84. The second-order valence-electron chi connectivity index (χ2n) is 4.46. The normalized spacial score (nSPS) is 10.1. The maximum atomic E-state index is 13.4. The summed E-state index contributed by atoms with van der Waals surface area (Å²) in [4.78, 5) is 9.77. The van der Waals surface area contributed by atoms with Gasteiger partial charge in [0.2, 0.25) is 5.82 Å². The van der Waals surface area contributed by atoms with Crippen LogP contribution in [0.4, 0.5) is 10.1 Å². The molecule has 0 unspecified atom stereocenters. The molecule has 0 saturated heterocycles. The van der Waals surface area contributed by atoms with E-state index in [0.29, 0.717) is 24.2 Å². The summed E-state index contributed by atoms with van der Waals surface area (Å²) in [6.07, 6.45) is 0. The zero-order valence-electron chi connectivity index (χ0n) is 11.0. The van der Waals surface area contributed by atoms with E-state index in [1.54, 1.807) is 18.2 Å². The Kier molecular flexibility index (Phi) is 4.59. The number of halogens is 1. The van der Waals surface area contributed by atoms with Crippen molar-refractivity contribution >= 4 is 5.69 Å². The molecule has 0 fully saturated rings. The van der Waals surface area contributed by atoms with Gasteiger partial charge < -0.3 is 5.32 Å². The van der Waals surface area contributed by atoms with E-state index in [1.165, 1.54) is 6.07 Å². The van der Waals surface area contributed by atoms with Gasteiger partial charge in [-0.15, -0.1) is 0 Å². The van der Waals surface area contributed by atoms with E-state index in [-0.39, 0.29) is 0 Å². The van der Waals surface area contributed by atoms with Gasteiger partial charge in [0.25, 0.3) is 0 Å². The quantitative estimate of drug-likeness (QED) is 0.676. The van der Waals surface area contributed by atoms with Crippen LogP contribution in [0.5, 0.6) is 0 Å². The van der Waals surface area contributed by atoms with E-state index >= 15 is 0 Å². The van der Waals surface area contributed by atoms with E-state index in [1.807, 2.05) is 6.07 Å². The minimum Gasteiger partial charge on any atom is -0.309 e. The van der Waals surface area contributed by atoms with Crippen molar-refractivity contribution < 1.29 is 9.31 Å². The van der Waals surface area contributed by atoms with Gasteiger partial charge in [-0.3, -0.25) is 10.1 Å². The molecule has 1 N–H and O–H groups in total. The Labute approximate surface area is 120 Å². The van der Waals surface area contributed by atoms with Crippen molar-refractivity contribution in [1.29, 1.82) is 5.26 Å². The molecule has 0 amide bonds. The van der Waals surface area contributed by atoms with Gasteiger partial charge in [-0.05, 0) is 29.3 Å². The number of nitro benzene ring substituents is 1. The van der Waals surface area contributed by atoms with E-state index in [4.69, 9.17) is 5.26 Å². The number of hydrogen-bond donors (Lipinski definition) is 1. The van der Waals surface area contributed by atoms with E-state index in [2.05, 4.69) is 11.4 Å². The molecule has 5 nitrogen and oxygen atoms in total. The third-order valence-corrected chi connectivity index (χ3v) is 2.92. The predicted molar refractivity (Wildman–Crippen MR) is 74.8 cm³/mol. The average molecular weight is 285 g/mol. The van der Waals surface area contributed by atoms with Crippen LogP contribution in [0.1, 0.15) is 16.7 Å². The van der Waals surface area contributed by atoms with E-state index in [9.17, 15) is 14.5 Å². The van der Waals surface area contributed by atoms with Gasteiger partial charge in [0.05, 0.1) is 16.6 Å². The van der Waals surface area contributed by atoms with Crippen LogP contribution < -0.4 is 5.32 Å². The maximum Gasteiger partial charge on any atom is 0.304 e. The fraction of sp³-hybridized carbons (Fsp3) is 0.133. The molecule has 2 rings (SSSR count). The second-order valence-corrected chi connectivity index (χ2v) is 4.46.